The number of benzene rings is 1. The molecule has 0 saturated carbocycles. The first-order valence-electron chi connectivity index (χ1n) is 4.48. The Morgan fingerprint density at radius 3 is 1.61 bits per heavy atom. The Morgan fingerprint density at radius 1 is 0.722 bits per heavy atom. The van der Waals surface area contributed by atoms with Crippen LogP contribution in [-0.4, -0.2) is 20.6 Å². The van der Waals surface area contributed by atoms with Gasteiger partial charge >= 0.3 is 10.4 Å². The van der Waals surface area contributed by atoms with Gasteiger partial charge in [0.05, 0.1) is 16.3 Å². The summed E-state index contributed by atoms with van der Waals surface area (Å²) in [5.74, 6) is 0. The van der Waals surface area contributed by atoms with Gasteiger partial charge in [-0.2, -0.15) is 0 Å². The number of hydrogen-bond donors (Lipinski definition) is 0. The molecule has 0 atom stereocenters. The maximum absolute atomic E-state index is 11.3. The maximum Gasteiger partial charge on any atom is 0.326 e. The van der Waals surface area contributed by atoms with Crippen molar-refractivity contribution in [2.45, 2.75) is 0 Å². The highest BCUT2D eigenvalue weighted by atomic mass is 16.6. The fourth-order valence-corrected chi connectivity index (χ4v) is 1.48. The van der Waals surface area contributed by atoms with Crippen LogP contribution >= 0.6 is 0 Å². The van der Waals surface area contributed by atoms with Crippen molar-refractivity contribution in [3.05, 3.63) is 33.0 Å². The smallest absolute Gasteiger partial charge is 0.326 e. The second kappa shape index (κ2) is 3.16. The van der Waals surface area contributed by atoms with Crippen LogP contribution in [0.5, 0.6) is 0 Å². The van der Waals surface area contributed by atoms with Crippen molar-refractivity contribution in [3.8, 4) is 0 Å². The summed E-state index contributed by atoms with van der Waals surface area (Å²) in [6, 6.07) is 2.23. The molecule has 90 valence electrons. The van der Waals surface area contributed by atoms with Gasteiger partial charge in [0, 0.05) is 15.8 Å². The van der Waals surface area contributed by atoms with Gasteiger partial charge < -0.3 is 20.8 Å². The summed E-state index contributed by atoms with van der Waals surface area (Å²) < 4.78 is 0. The third-order valence-electron chi connectivity index (χ3n) is 2.19. The SMILES string of the molecule is [O-][n+]1nc2cc3n[n+]([O-])n[n+]([O-])c3cc2[n+]([O-])n1. The molecule has 18 heavy (non-hydrogen) atoms. The van der Waals surface area contributed by atoms with E-state index in [1.165, 1.54) is 0 Å². The molecule has 0 aliphatic heterocycles. The zero-order chi connectivity index (χ0) is 12.9. The van der Waals surface area contributed by atoms with Crippen molar-refractivity contribution in [3.63, 3.8) is 0 Å². The Balaban J connectivity index is 2.51. The molecule has 0 amide bonds. The van der Waals surface area contributed by atoms with Crippen molar-refractivity contribution < 1.29 is 19.6 Å². The van der Waals surface area contributed by atoms with E-state index in [0.29, 0.717) is 0 Å². The van der Waals surface area contributed by atoms with E-state index in [-0.39, 0.29) is 41.7 Å². The van der Waals surface area contributed by atoms with Crippen LogP contribution in [0.4, 0.5) is 0 Å². The third kappa shape index (κ3) is 1.32. The first-order valence-corrected chi connectivity index (χ1v) is 4.48. The molecule has 0 bridgehead atoms. The van der Waals surface area contributed by atoms with E-state index >= 15 is 0 Å². The van der Waals surface area contributed by atoms with E-state index in [4.69, 9.17) is 0 Å². The number of aromatic nitrogens is 8. The third-order valence-corrected chi connectivity index (χ3v) is 2.19. The second-order valence-electron chi connectivity index (χ2n) is 3.26. The molecule has 0 N–H and O–H groups in total. The summed E-state index contributed by atoms with van der Waals surface area (Å²) in [7, 11) is 0. The molecule has 0 aliphatic rings. The zero-order valence-corrected chi connectivity index (χ0v) is 8.37. The molecule has 2 aromatic heterocycles. The Kier molecular flexibility index (Phi) is 1.76. The summed E-state index contributed by atoms with van der Waals surface area (Å²) in [5.41, 5.74) is -0.347. The normalized spacial score (nSPS) is 11.1. The van der Waals surface area contributed by atoms with Crippen molar-refractivity contribution >= 4 is 22.1 Å². The molecule has 0 spiro atoms. The van der Waals surface area contributed by atoms with Crippen molar-refractivity contribution in [2.75, 3.05) is 0 Å². The molecule has 0 fully saturated rings. The van der Waals surface area contributed by atoms with Gasteiger partial charge in [-0.25, -0.2) is 0 Å². The molecule has 0 saturated heterocycles. The number of hydrogen-bond acceptors (Lipinski definition) is 8. The summed E-state index contributed by atoms with van der Waals surface area (Å²) in [4.78, 5) is -0.349. The number of fused-ring (bicyclic) bond motifs is 2. The Hall–Kier alpha value is -3.18. The topological polar surface area (TPSA) is 159 Å². The monoisotopic (exact) mass is 250 g/mol. The van der Waals surface area contributed by atoms with E-state index in [1.807, 2.05) is 0 Å². The highest BCUT2D eigenvalue weighted by molar-refractivity contribution is 5.86. The maximum atomic E-state index is 11.3. The van der Waals surface area contributed by atoms with Gasteiger partial charge in [-0.05, 0) is 0 Å². The molecule has 2 heterocycles. The van der Waals surface area contributed by atoms with Gasteiger partial charge in [0.1, 0.15) is 9.92 Å². The molecule has 0 radical (unpaired) electrons. The van der Waals surface area contributed by atoms with Crippen LogP contribution in [0.2, 0.25) is 0 Å². The summed E-state index contributed by atoms with van der Waals surface area (Å²) in [6.07, 6.45) is 0. The zero-order valence-electron chi connectivity index (χ0n) is 8.37. The largest absolute Gasteiger partial charge is 0.590 e. The van der Waals surface area contributed by atoms with E-state index in [0.717, 1.165) is 12.1 Å². The summed E-state index contributed by atoms with van der Waals surface area (Å²) in [5, 5.41) is 57.1. The van der Waals surface area contributed by atoms with Crippen LogP contribution in [0.1, 0.15) is 0 Å². The second-order valence-corrected chi connectivity index (χ2v) is 3.26. The van der Waals surface area contributed by atoms with Crippen LogP contribution in [0.25, 0.3) is 22.1 Å². The minimum Gasteiger partial charge on any atom is -0.590 e. The minimum absolute atomic E-state index is 0.00697. The van der Waals surface area contributed by atoms with Gasteiger partial charge in [0.25, 0.3) is 11.0 Å². The fourth-order valence-electron chi connectivity index (χ4n) is 1.48. The van der Waals surface area contributed by atoms with Crippen LogP contribution in [0, 0.1) is 20.8 Å². The molecule has 12 heteroatoms. The molecular formula is C6H2N8O4. The lowest BCUT2D eigenvalue weighted by molar-refractivity contribution is -0.865. The molecule has 0 unspecified atom stereocenters. The van der Waals surface area contributed by atoms with Gasteiger partial charge in [0.15, 0.2) is 0 Å². The molecule has 0 aliphatic carbocycles. The van der Waals surface area contributed by atoms with Gasteiger partial charge in [-0.3, -0.25) is 0 Å². The lowest BCUT2D eigenvalue weighted by Crippen LogP contribution is -2.52. The molecule has 3 aromatic rings. The molecule has 12 nitrogen and oxygen atoms in total. The highest BCUT2D eigenvalue weighted by Gasteiger charge is 2.22. The van der Waals surface area contributed by atoms with Crippen LogP contribution in [0.15, 0.2) is 12.1 Å². The average molecular weight is 250 g/mol. The Labute approximate surface area is 96.2 Å². The van der Waals surface area contributed by atoms with Crippen molar-refractivity contribution in [1.82, 2.24) is 20.6 Å². The van der Waals surface area contributed by atoms with Crippen LogP contribution in [0.3, 0.4) is 0 Å². The van der Waals surface area contributed by atoms with E-state index in [1.54, 1.807) is 0 Å². The van der Waals surface area contributed by atoms with Crippen molar-refractivity contribution in [2.24, 2.45) is 0 Å². The Morgan fingerprint density at radius 2 is 1.17 bits per heavy atom. The lowest BCUT2D eigenvalue weighted by Gasteiger charge is -1.97. The first-order chi connectivity index (χ1) is 8.54. The van der Waals surface area contributed by atoms with Crippen molar-refractivity contribution in [1.29, 1.82) is 0 Å². The van der Waals surface area contributed by atoms with Crippen LogP contribution < -0.4 is 19.6 Å². The van der Waals surface area contributed by atoms with E-state index < -0.39 is 0 Å². The molecule has 1 aromatic carbocycles. The van der Waals surface area contributed by atoms with Gasteiger partial charge in [-0.15, -0.1) is 0 Å². The fraction of sp³-hybridized carbons (Fsp3) is 0. The standard InChI is InChI=1S/C6H2N8O4/c15-11-5-2-6-4(8-14(18)10-12(6)16)1-3(5)7-13(17)9-11/h1-2H. The van der Waals surface area contributed by atoms with Gasteiger partial charge in [0.2, 0.25) is 11.0 Å². The molecule has 3 rings (SSSR count). The number of rotatable bonds is 0. The predicted molar refractivity (Wildman–Crippen MR) is 48.5 cm³/mol. The van der Waals surface area contributed by atoms with Gasteiger partial charge in [-0.1, -0.05) is 0 Å². The highest BCUT2D eigenvalue weighted by Crippen LogP contribution is 2.11. The minimum atomic E-state index is -0.182. The number of nitrogens with zero attached hydrogens (tertiary/aromatic N) is 8. The predicted octanol–water partition coefficient (Wildman–Crippen LogP) is -3.89. The molecular weight excluding hydrogens is 248 g/mol. The summed E-state index contributed by atoms with van der Waals surface area (Å²) in [6.45, 7) is 0. The van der Waals surface area contributed by atoms with E-state index in [9.17, 15) is 20.8 Å². The van der Waals surface area contributed by atoms with E-state index in [2.05, 4.69) is 20.6 Å². The quantitative estimate of drug-likeness (QED) is 0.222. The summed E-state index contributed by atoms with van der Waals surface area (Å²) >= 11 is 0. The average Bonchev–Trinajstić information content (AvgIpc) is 2.26. The lowest BCUT2D eigenvalue weighted by atomic mass is 10.2. The Bertz CT molecular complexity index is 728. The first kappa shape index (κ1) is 10.0. The van der Waals surface area contributed by atoms with Crippen LogP contribution in [-0.2, 0) is 0 Å².